The molecule has 154 valence electrons. The predicted molar refractivity (Wildman–Crippen MR) is 124 cm³/mol. The van der Waals surface area contributed by atoms with Crippen LogP contribution in [0.2, 0.25) is 0 Å². The van der Waals surface area contributed by atoms with E-state index in [1.54, 1.807) is 18.4 Å². The number of nitrogens with zero attached hydrogens (tertiary/aromatic N) is 2. The summed E-state index contributed by atoms with van der Waals surface area (Å²) >= 11 is 3.52. The highest BCUT2D eigenvalue weighted by molar-refractivity contribution is 7.19. The zero-order valence-electron chi connectivity index (χ0n) is 16.9. The van der Waals surface area contributed by atoms with Crippen molar-refractivity contribution >= 4 is 38.7 Å². The molecule has 3 aromatic rings. The summed E-state index contributed by atoms with van der Waals surface area (Å²) in [6.45, 7) is 5.63. The molecule has 3 N–H and O–H groups in total. The minimum atomic E-state index is -0.553. The molecule has 0 bridgehead atoms. The van der Waals surface area contributed by atoms with Crippen molar-refractivity contribution in [2.75, 3.05) is 26.7 Å². The molecule has 2 aromatic heterocycles. The Morgan fingerprint density at radius 1 is 1.24 bits per heavy atom. The van der Waals surface area contributed by atoms with Gasteiger partial charge in [0.2, 0.25) is 0 Å². The summed E-state index contributed by atoms with van der Waals surface area (Å²) < 4.78 is 1.20. The van der Waals surface area contributed by atoms with Gasteiger partial charge < -0.3 is 15.7 Å². The average Bonchev–Trinajstić information content (AvgIpc) is 3.39. The lowest BCUT2D eigenvalue weighted by Crippen LogP contribution is -2.47. The zero-order valence-corrected chi connectivity index (χ0v) is 18.5. The van der Waals surface area contributed by atoms with E-state index in [0.717, 1.165) is 36.9 Å². The third kappa shape index (κ3) is 4.80. The first-order valence-corrected chi connectivity index (χ1v) is 11.7. The van der Waals surface area contributed by atoms with Gasteiger partial charge in [0.15, 0.2) is 5.96 Å². The number of benzene rings is 1. The van der Waals surface area contributed by atoms with E-state index in [4.69, 9.17) is 0 Å². The second-order valence-electron chi connectivity index (χ2n) is 7.47. The second-order valence-corrected chi connectivity index (χ2v) is 9.59. The first-order valence-electron chi connectivity index (χ1n) is 10.0. The lowest BCUT2D eigenvalue weighted by atomic mass is 10.1. The Labute approximate surface area is 180 Å². The standard InChI is InChI=1S/C22H28N4OS2/c1-15(26-9-7-19-17(14-26)8-10-28-19)12-24-22(23-2)25-13-18(27)21-11-16-5-3-4-6-20(16)29-21/h3-6,8,10-11,15,18,27H,7,9,12-14H2,1-2H3,(H2,23,24,25). The molecular formula is C22H28N4OS2. The van der Waals surface area contributed by atoms with Gasteiger partial charge in [0.05, 0.1) is 0 Å². The quantitative estimate of drug-likeness (QED) is 0.415. The van der Waals surface area contributed by atoms with Crippen molar-refractivity contribution in [3.63, 3.8) is 0 Å². The highest BCUT2D eigenvalue weighted by Crippen LogP contribution is 2.29. The number of hydrogen-bond acceptors (Lipinski definition) is 5. The number of nitrogens with one attached hydrogen (secondary N) is 2. The highest BCUT2D eigenvalue weighted by Gasteiger charge is 2.21. The van der Waals surface area contributed by atoms with Crippen molar-refractivity contribution in [2.24, 2.45) is 4.99 Å². The lowest BCUT2D eigenvalue weighted by molar-refractivity contribution is 0.183. The van der Waals surface area contributed by atoms with Crippen molar-refractivity contribution in [3.05, 3.63) is 57.1 Å². The number of aliphatic hydroxyl groups excluding tert-OH is 1. The first-order chi connectivity index (χ1) is 14.1. The first kappa shape index (κ1) is 20.3. The largest absolute Gasteiger partial charge is 0.386 e. The maximum Gasteiger partial charge on any atom is 0.191 e. The van der Waals surface area contributed by atoms with Crippen LogP contribution in [0.15, 0.2) is 46.8 Å². The Morgan fingerprint density at radius 2 is 2.07 bits per heavy atom. The predicted octanol–water partition coefficient (Wildman–Crippen LogP) is 3.61. The summed E-state index contributed by atoms with van der Waals surface area (Å²) in [4.78, 5) is 9.34. The van der Waals surface area contributed by atoms with Crippen molar-refractivity contribution in [1.82, 2.24) is 15.5 Å². The van der Waals surface area contributed by atoms with Crippen LogP contribution < -0.4 is 10.6 Å². The molecule has 0 saturated carbocycles. The molecule has 0 radical (unpaired) electrons. The van der Waals surface area contributed by atoms with Crippen LogP contribution in [0.5, 0.6) is 0 Å². The van der Waals surface area contributed by atoms with E-state index in [2.05, 4.69) is 57.1 Å². The Kier molecular flexibility index (Phi) is 6.50. The average molecular weight is 429 g/mol. The molecule has 7 heteroatoms. The van der Waals surface area contributed by atoms with Gasteiger partial charge in [-0.05, 0) is 47.9 Å². The normalized spacial score (nSPS) is 17.1. The van der Waals surface area contributed by atoms with Gasteiger partial charge >= 0.3 is 0 Å². The van der Waals surface area contributed by atoms with E-state index in [1.165, 1.54) is 20.5 Å². The monoisotopic (exact) mass is 428 g/mol. The molecule has 4 rings (SSSR count). The number of aliphatic imine (C=N–C) groups is 1. The minimum Gasteiger partial charge on any atom is -0.386 e. The molecule has 3 heterocycles. The zero-order chi connectivity index (χ0) is 20.2. The van der Waals surface area contributed by atoms with Crippen LogP contribution in [0.3, 0.4) is 0 Å². The molecule has 0 amide bonds. The van der Waals surface area contributed by atoms with Crippen LogP contribution in [-0.2, 0) is 13.0 Å². The third-order valence-electron chi connectivity index (χ3n) is 5.48. The van der Waals surface area contributed by atoms with Crippen LogP contribution in [-0.4, -0.2) is 48.7 Å². The lowest BCUT2D eigenvalue weighted by Gasteiger charge is -2.32. The Bertz CT molecular complexity index is 947. The fourth-order valence-corrected chi connectivity index (χ4v) is 5.64. The van der Waals surface area contributed by atoms with E-state index >= 15 is 0 Å². The molecule has 1 aliphatic rings. The van der Waals surface area contributed by atoms with Crippen LogP contribution >= 0.6 is 22.7 Å². The van der Waals surface area contributed by atoms with E-state index in [0.29, 0.717) is 12.6 Å². The Hall–Kier alpha value is -1.93. The van der Waals surface area contributed by atoms with Gasteiger partial charge in [-0.15, -0.1) is 22.7 Å². The summed E-state index contributed by atoms with van der Waals surface area (Å²) in [5, 5.41) is 20.6. The van der Waals surface area contributed by atoms with E-state index < -0.39 is 6.10 Å². The maximum atomic E-state index is 10.6. The molecule has 0 saturated heterocycles. The minimum absolute atomic E-state index is 0.411. The van der Waals surface area contributed by atoms with Crippen LogP contribution in [0.1, 0.15) is 28.3 Å². The second kappa shape index (κ2) is 9.26. The molecule has 2 unspecified atom stereocenters. The molecule has 29 heavy (non-hydrogen) atoms. The molecular weight excluding hydrogens is 400 g/mol. The number of hydrogen-bond donors (Lipinski definition) is 3. The fourth-order valence-electron chi connectivity index (χ4n) is 3.70. The maximum absolute atomic E-state index is 10.6. The number of guanidine groups is 1. The van der Waals surface area contributed by atoms with E-state index in [9.17, 15) is 5.11 Å². The number of thiophene rings is 2. The molecule has 5 nitrogen and oxygen atoms in total. The van der Waals surface area contributed by atoms with Gasteiger partial charge in [0.1, 0.15) is 6.10 Å². The van der Waals surface area contributed by atoms with Gasteiger partial charge in [0.25, 0.3) is 0 Å². The van der Waals surface area contributed by atoms with E-state index in [1.807, 2.05) is 23.5 Å². The number of aliphatic hydroxyl groups is 1. The van der Waals surface area contributed by atoms with Gasteiger partial charge in [-0.25, -0.2) is 0 Å². The summed E-state index contributed by atoms with van der Waals surface area (Å²) in [5.74, 6) is 0.727. The molecule has 2 atom stereocenters. The Balaban J connectivity index is 1.26. The summed E-state index contributed by atoms with van der Waals surface area (Å²) in [5.41, 5.74) is 1.47. The van der Waals surface area contributed by atoms with Crippen molar-refractivity contribution in [3.8, 4) is 0 Å². The fraction of sp³-hybridized carbons (Fsp3) is 0.409. The molecule has 0 spiro atoms. The Morgan fingerprint density at radius 3 is 2.90 bits per heavy atom. The van der Waals surface area contributed by atoms with Gasteiger partial charge in [0, 0.05) is 53.7 Å². The summed E-state index contributed by atoms with van der Waals surface area (Å²) in [7, 11) is 1.77. The number of rotatable bonds is 6. The van der Waals surface area contributed by atoms with Crippen molar-refractivity contribution in [2.45, 2.75) is 32.0 Å². The molecule has 0 fully saturated rings. The van der Waals surface area contributed by atoms with Gasteiger partial charge in [-0.3, -0.25) is 9.89 Å². The van der Waals surface area contributed by atoms with Gasteiger partial charge in [-0.1, -0.05) is 18.2 Å². The smallest absolute Gasteiger partial charge is 0.191 e. The summed E-state index contributed by atoms with van der Waals surface area (Å²) in [6.07, 6.45) is 0.591. The van der Waals surface area contributed by atoms with Gasteiger partial charge in [-0.2, -0.15) is 0 Å². The SMILES string of the molecule is CN=C(NCC(O)c1cc2ccccc2s1)NCC(C)N1CCc2sccc2C1. The summed E-state index contributed by atoms with van der Waals surface area (Å²) in [6, 6.07) is 13.0. The molecule has 1 aromatic carbocycles. The number of fused-ring (bicyclic) bond motifs is 2. The molecule has 1 aliphatic heterocycles. The van der Waals surface area contributed by atoms with Crippen LogP contribution in [0, 0.1) is 0 Å². The third-order valence-corrected chi connectivity index (χ3v) is 7.73. The topological polar surface area (TPSA) is 59.9 Å². The van der Waals surface area contributed by atoms with Crippen LogP contribution in [0.25, 0.3) is 10.1 Å². The van der Waals surface area contributed by atoms with Crippen LogP contribution in [0.4, 0.5) is 0 Å². The highest BCUT2D eigenvalue weighted by atomic mass is 32.1. The van der Waals surface area contributed by atoms with E-state index in [-0.39, 0.29) is 0 Å². The molecule has 0 aliphatic carbocycles. The van der Waals surface area contributed by atoms with Crippen molar-refractivity contribution in [1.29, 1.82) is 0 Å². The van der Waals surface area contributed by atoms with Crippen molar-refractivity contribution < 1.29 is 5.11 Å².